The van der Waals surface area contributed by atoms with Crippen molar-refractivity contribution >= 4 is 51.6 Å². The van der Waals surface area contributed by atoms with Crippen LogP contribution in [0.4, 0.5) is 5.82 Å². The first-order chi connectivity index (χ1) is 13.8. The largest absolute Gasteiger partial charge is 0.368 e. The first-order valence-electron chi connectivity index (χ1n) is 9.87. The molecule has 0 aliphatic carbocycles. The number of aromatic nitrogens is 2. The molecule has 4 aromatic rings. The fourth-order valence-electron chi connectivity index (χ4n) is 4.16. The van der Waals surface area contributed by atoms with Gasteiger partial charge in [0.2, 0.25) is 0 Å². The Morgan fingerprint density at radius 1 is 1.10 bits per heavy atom. The molecule has 0 saturated carbocycles. The van der Waals surface area contributed by atoms with E-state index in [1.807, 2.05) is 24.3 Å². The molecule has 150 valence electrons. The summed E-state index contributed by atoms with van der Waals surface area (Å²) in [4.78, 5) is 4.93. The Kier molecular flexibility index (Phi) is 5.95. The van der Waals surface area contributed by atoms with E-state index < -0.39 is 0 Å². The van der Waals surface area contributed by atoms with Gasteiger partial charge in [-0.3, -0.25) is 0 Å². The summed E-state index contributed by atoms with van der Waals surface area (Å²) in [5, 5.41) is 10.3. The molecule has 6 heteroatoms. The molecular weight excluding hydrogens is 403 g/mol. The van der Waals surface area contributed by atoms with Gasteiger partial charge in [-0.2, -0.15) is 0 Å². The van der Waals surface area contributed by atoms with Gasteiger partial charge in [-0.1, -0.05) is 41.9 Å². The molecule has 1 fully saturated rings. The molecule has 1 aliphatic heterocycles. The Labute approximate surface area is 181 Å². The van der Waals surface area contributed by atoms with Crippen molar-refractivity contribution in [2.75, 3.05) is 18.4 Å². The normalized spacial score (nSPS) is 16.2. The zero-order valence-electron chi connectivity index (χ0n) is 16.1. The molecule has 0 amide bonds. The smallest absolute Gasteiger partial charge is 0.136 e. The van der Waals surface area contributed by atoms with Gasteiger partial charge < -0.3 is 15.2 Å². The lowest BCUT2D eigenvalue weighted by atomic mass is 10.1. The maximum Gasteiger partial charge on any atom is 0.136 e. The van der Waals surface area contributed by atoms with E-state index in [-0.39, 0.29) is 12.4 Å². The van der Waals surface area contributed by atoms with Crippen molar-refractivity contribution in [3.05, 3.63) is 71.4 Å². The molecule has 1 atom stereocenters. The van der Waals surface area contributed by atoms with Gasteiger partial charge in [0, 0.05) is 41.1 Å². The summed E-state index contributed by atoms with van der Waals surface area (Å²) in [7, 11) is 0. The zero-order valence-corrected chi connectivity index (χ0v) is 17.6. The molecule has 4 nitrogen and oxygen atoms in total. The van der Waals surface area contributed by atoms with Crippen molar-refractivity contribution in [3.8, 4) is 0 Å². The fourth-order valence-corrected chi connectivity index (χ4v) is 4.38. The van der Waals surface area contributed by atoms with Crippen LogP contribution in [0.5, 0.6) is 0 Å². The number of para-hydroxylation sites is 1. The molecule has 2 aromatic heterocycles. The SMILES string of the molecule is Cl.Clc1cccc(Cn2ccc3c(NC[C@H]4CCCN4)nc4ccccc4c32)c1. The Bertz CT molecular complexity index is 1130. The minimum Gasteiger partial charge on any atom is -0.368 e. The molecular formula is C23H24Cl2N4. The highest BCUT2D eigenvalue weighted by Crippen LogP contribution is 2.31. The van der Waals surface area contributed by atoms with Crippen molar-refractivity contribution < 1.29 is 0 Å². The van der Waals surface area contributed by atoms with Gasteiger partial charge in [-0.15, -0.1) is 12.4 Å². The average molecular weight is 427 g/mol. The van der Waals surface area contributed by atoms with E-state index >= 15 is 0 Å². The van der Waals surface area contributed by atoms with E-state index in [9.17, 15) is 0 Å². The molecule has 1 aliphatic rings. The summed E-state index contributed by atoms with van der Waals surface area (Å²) in [5.41, 5.74) is 3.42. The van der Waals surface area contributed by atoms with E-state index in [4.69, 9.17) is 16.6 Å². The average Bonchev–Trinajstić information content (AvgIpc) is 3.37. The van der Waals surface area contributed by atoms with Crippen LogP contribution >= 0.6 is 24.0 Å². The molecule has 2 aromatic carbocycles. The van der Waals surface area contributed by atoms with Gasteiger partial charge in [-0.05, 0) is 49.2 Å². The molecule has 0 radical (unpaired) electrons. The van der Waals surface area contributed by atoms with Crippen LogP contribution in [-0.2, 0) is 6.54 Å². The van der Waals surface area contributed by atoms with Crippen LogP contribution in [0.3, 0.4) is 0 Å². The first kappa shape index (κ1) is 20.0. The summed E-state index contributed by atoms with van der Waals surface area (Å²) in [6.45, 7) is 2.80. The number of halogens is 2. The maximum absolute atomic E-state index is 6.19. The predicted octanol–water partition coefficient (Wildman–Crippen LogP) is 5.48. The minimum atomic E-state index is 0. The Balaban J connectivity index is 0.00000205. The number of nitrogens with zero attached hydrogens (tertiary/aromatic N) is 2. The summed E-state index contributed by atoms with van der Waals surface area (Å²) in [6, 6.07) is 19.1. The molecule has 0 unspecified atom stereocenters. The van der Waals surface area contributed by atoms with Crippen molar-refractivity contribution in [1.29, 1.82) is 0 Å². The topological polar surface area (TPSA) is 41.9 Å². The van der Waals surface area contributed by atoms with Gasteiger partial charge in [0.15, 0.2) is 0 Å². The van der Waals surface area contributed by atoms with Crippen LogP contribution in [-0.4, -0.2) is 28.7 Å². The number of hydrogen-bond donors (Lipinski definition) is 2. The number of anilines is 1. The maximum atomic E-state index is 6.19. The second-order valence-electron chi connectivity index (χ2n) is 7.49. The molecule has 2 N–H and O–H groups in total. The lowest BCUT2D eigenvalue weighted by Gasteiger charge is -2.15. The van der Waals surface area contributed by atoms with Crippen LogP contribution < -0.4 is 10.6 Å². The third kappa shape index (κ3) is 4.06. The number of hydrogen-bond acceptors (Lipinski definition) is 3. The predicted molar refractivity (Wildman–Crippen MR) is 125 cm³/mol. The quantitative estimate of drug-likeness (QED) is 0.444. The highest BCUT2D eigenvalue weighted by Gasteiger charge is 2.16. The van der Waals surface area contributed by atoms with E-state index in [0.717, 1.165) is 36.0 Å². The van der Waals surface area contributed by atoms with Crippen molar-refractivity contribution in [2.45, 2.75) is 25.4 Å². The Morgan fingerprint density at radius 2 is 2.00 bits per heavy atom. The molecule has 5 rings (SSSR count). The monoisotopic (exact) mass is 426 g/mol. The van der Waals surface area contributed by atoms with Crippen LogP contribution in [0.25, 0.3) is 21.8 Å². The third-order valence-electron chi connectivity index (χ3n) is 5.53. The molecule has 1 saturated heterocycles. The number of fused-ring (bicyclic) bond motifs is 3. The molecule has 0 bridgehead atoms. The fraction of sp³-hybridized carbons (Fsp3) is 0.261. The van der Waals surface area contributed by atoms with Crippen LogP contribution in [0, 0.1) is 0 Å². The van der Waals surface area contributed by atoms with Crippen LogP contribution in [0.2, 0.25) is 5.02 Å². The van der Waals surface area contributed by atoms with Crippen molar-refractivity contribution in [3.63, 3.8) is 0 Å². The standard InChI is InChI=1S/C23H23ClN4.ClH/c24-17-6-3-5-16(13-17)15-28-12-10-20-22(28)19-8-1-2-9-21(19)27-23(20)26-14-18-7-4-11-25-18;/h1-3,5-6,8-10,12-13,18,25H,4,7,11,14-15H2,(H,26,27);1H/t18-;/m1./s1. The van der Waals surface area contributed by atoms with E-state index in [2.05, 4.69) is 51.7 Å². The van der Waals surface area contributed by atoms with Gasteiger partial charge >= 0.3 is 0 Å². The van der Waals surface area contributed by atoms with E-state index in [0.29, 0.717) is 6.04 Å². The summed E-state index contributed by atoms with van der Waals surface area (Å²) < 4.78 is 2.30. The highest BCUT2D eigenvalue weighted by molar-refractivity contribution is 6.30. The summed E-state index contributed by atoms with van der Waals surface area (Å²) in [5.74, 6) is 0.965. The van der Waals surface area contributed by atoms with Gasteiger partial charge in [0.05, 0.1) is 11.0 Å². The Hall–Kier alpha value is -2.27. The van der Waals surface area contributed by atoms with Gasteiger partial charge in [0.1, 0.15) is 5.82 Å². The lowest BCUT2D eigenvalue weighted by Crippen LogP contribution is -2.29. The minimum absolute atomic E-state index is 0. The van der Waals surface area contributed by atoms with Crippen LogP contribution in [0.15, 0.2) is 60.8 Å². The van der Waals surface area contributed by atoms with Gasteiger partial charge in [-0.25, -0.2) is 4.98 Å². The van der Waals surface area contributed by atoms with E-state index in [1.165, 1.54) is 34.7 Å². The van der Waals surface area contributed by atoms with E-state index in [1.54, 1.807) is 0 Å². The van der Waals surface area contributed by atoms with Gasteiger partial charge in [0.25, 0.3) is 0 Å². The summed E-state index contributed by atoms with van der Waals surface area (Å²) >= 11 is 6.19. The number of pyridine rings is 1. The van der Waals surface area contributed by atoms with Crippen LogP contribution in [0.1, 0.15) is 18.4 Å². The molecule has 0 spiro atoms. The number of rotatable bonds is 5. The second-order valence-corrected chi connectivity index (χ2v) is 7.92. The number of nitrogens with one attached hydrogen (secondary N) is 2. The lowest BCUT2D eigenvalue weighted by molar-refractivity contribution is 0.633. The Morgan fingerprint density at radius 3 is 2.83 bits per heavy atom. The second kappa shape index (κ2) is 8.62. The zero-order chi connectivity index (χ0) is 18.9. The highest BCUT2D eigenvalue weighted by atomic mass is 35.5. The molecule has 29 heavy (non-hydrogen) atoms. The number of benzene rings is 2. The van der Waals surface area contributed by atoms with Crippen molar-refractivity contribution in [2.24, 2.45) is 0 Å². The van der Waals surface area contributed by atoms with Crippen molar-refractivity contribution in [1.82, 2.24) is 14.9 Å². The first-order valence-corrected chi connectivity index (χ1v) is 10.2. The molecule has 3 heterocycles. The third-order valence-corrected chi connectivity index (χ3v) is 5.77. The summed E-state index contributed by atoms with van der Waals surface area (Å²) in [6.07, 6.45) is 4.63.